The van der Waals surface area contributed by atoms with Crippen molar-refractivity contribution in [2.45, 2.75) is 26.7 Å². The van der Waals surface area contributed by atoms with Gasteiger partial charge in [-0.3, -0.25) is 9.59 Å². The summed E-state index contributed by atoms with van der Waals surface area (Å²) in [6.45, 7) is 4.43. The van der Waals surface area contributed by atoms with E-state index in [1.807, 2.05) is 13.8 Å². The molecule has 0 unspecified atom stereocenters. The van der Waals surface area contributed by atoms with E-state index in [1.54, 1.807) is 24.3 Å². The normalized spacial score (nSPS) is 9.79. The molecule has 0 radical (unpaired) electrons. The smallest absolute Gasteiger partial charge is 0.243 e. The van der Waals surface area contributed by atoms with Crippen LogP contribution in [0.4, 0.5) is 5.69 Å². The topological polar surface area (TPSA) is 67.4 Å². The Morgan fingerprint density at radius 1 is 1.11 bits per heavy atom. The molecule has 0 aliphatic rings. The molecule has 19 heavy (non-hydrogen) atoms. The molecule has 104 valence electrons. The molecule has 0 spiro atoms. The van der Waals surface area contributed by atoms with Crippen molar-refractivity contribution in [3.63, 3.8) is 0 Å². The van der Waals surface area contributed by atoms with Crippen LogP contribution in [0.25, 0.3) is 0 Å². The molecule has 1 rings (SSSR count). The first kappa shape index (κ1) is 15.0. The third-order valence-corrected chi connectivity index (χ3v) is 2.37. The number of ether oxygens (including phenoxy) is 1. The molecule has 0 aliphatic carbocycles. The fourth-order valence-corrected chi connectivity index (χ4v) is 1.50. The Balaban J connectivity index is 2.37. The van der Waals surface area contributed by atoms with Crippen LogP contribution in [0.5, 0.6) is 5.75 Å². The highest BCUT2D eigenvalue weighted by Crippen LogP contribution is 2.15. The van der Waals surface area contributed by atoms with E-state index in [4.69, 9.17) is 4.74 Å². The zero-order chi connectivity index (χ0) is 14.1. The lowest BCUT2D eigenvalue weighted by atomic mass is 10.3. The minimum atomic E-state index is -0.242. The van der Waals surface area contributed by atoms with Gasteiger partial charge in [0.25, 0.3) is 0 Å². The zero-order valence-corrected chi connectivity index (χ0v) is 11.4. The molecule has 2 amide bonds. The highest BCUT2D eigenvalue weighted by molar-refractivity contribution is 5.94. The van der Waals surface area contributed by atoms with Crippen LogP contribution in [0.15, 0.2) is 24.3 Å². The van der Waals surface area contributed by atoms with Crippen molar-refractivity contribution in [1.29, 1.82) is 0 Å². The van der Waals surface area contributed by atoms with Gasteiger partial charge in [0.1, 0.15) is 5.75 Å². The second-order valence-corrected chi connectivity index (χ2v) is 4.03. The SMILES string of the molecule is CCCC(=O)NCC(=O)Nc1ccc(OCC)cc1. The summed E-state index contributed by atoms with van der Waals surface area (Å²) in [4.78, 5) is 22.8. The Bertz CT molecular complexity index is 415. The highest BCUT2D eigenvalue weighted by Gasteiger charge is 2.05. The van der Waals surface area contributed by atoms with Gasteiger partial charge in [-0.1, -0.05) is 6.92 Å². The van der Waals surface area contributed by atoms with Crippen molar-refractivity contribution in [3.05, 3.63) is 24.3 Å². The first-order chi connectivity index (χ1) is 9.15. The molecule has 0 saturated heterocycles. The maximum atomic E-state index is 11.6. The molecule has 2 N–H and O–H groups in total. The summed E-state index contributed by atoms with van der Waals surface area (Å²) in [5.41, 5.74) is 0.679. The first-order valence-electron chi connectivity index (χ1n) is 6.45. The monoisotopic (exact) mass is 264 g/mol. The fraction of sp³-hybridized carbons (Fsp3) is 0.429. The Kier molecular flexibility index (Phi) is 6.43. The predicted octanol–water partition coefficient (Wildman–Crippen LogP) is 1.94. The zero-order valence-electron chi connectivity index (χ0n) is 11.4. The van der Waals surface area contributed by atoms with E-state index < -0.39 is 0 Å². The van der Waals surface area contributed by atoms with Crippen LogP contribution >= 0.6 is 0 Å². The van der Waals surface area contributed by atoms with Crippen LogP contribution in [0.1, 0.15) is 26.7 Å². The molecule has 0 fully saturated rings. The van der Waals surface area contributed by atoms with Crippen LogP contribution in [0.2, 0.25) is 0 Å². The Labute approximate surface area is 113 Å². The van der Waals surface area contributed by atoms with E-state index >= 15 is 0 Å². The number of carbonyl (C=O) groups is 2. The standard InChI is InChI=1S/C14H20N2O3/c1-3-5-13(17)15-10-14(18)16-11-6-8-12(9-7-11)19-4-2/h6-9H,3-5,10H2,1-2H3,(H,15,17)(H,16,18). The van der Waals surface area contributed by atoms with Crippen LogP contribution < -0.4 is 15.4 Å². The van der Waals surface area contributed by atoms with Gasteiger partial charge in [0, 0.05) is 12.1 Å². The van der Waals surface area contributed by atoms with Crippen molar-refractivity contribution < 1.29 is 14.3 Å². The number of nitrogens with one attached hydrogen (secondary N) is 2. The second-order valence-electron chi connectivity index (χ2n) is 4.03. The van der Waals surface area contributed by atoms with Gasteiger partial charge in [-0.05, 0) is 37.6 Å². The van der Waals surface area contributed by atoms with E-state index in [0.29, 0.717) is 18.7 Å². The molecule has 0 atom stereocenters. The molecule has 5 heteroatoms. The number of rotatable bonds is 7. The van der Waals surface area contributed by atoms with Gasteiger partial charge < -0.3 is 15.4 Å². The Morgan fingerprint density at radius 3 is 2.37 bits per heavy atom. The van der Waals surface area contributed by atoms with E-state index in [0.717, 1.165) is 12.2 Å². The maximum Gasteiger partial charge on any atom is 0.243 e. The minimum Gasteiger partial charge on any atom is -0.494 e. The summed E-state index contributed by atoms with van der Waals surface area (Å²) in [7, 11) is 0. The number of hydrogen-bond donors (Lipinski definition) is 2. The van der Waals surface area contributed by atoms with Crippen LogP contribution in [-0.2, 0) is 9.59 Å². The van der Waals surface area contributed by atoms with Gasteiger partial charge >= 0.3 is 0 Å². The Morgan fingerprint density at radius 2 is 1.79 bits per heavy atom. The lowest BCUT2D eigenvalue weighted by Crippen LogP contribution is -2.32. The molecular formula is C14H20N2O3. The predicted molar refractivity (Wildman–Crippen MR) is 74.2 cm³/mol. The van der Waals surface area contributed by atoms with Crippen LogP contribution in [-0.4, -0.2) is 25.0 Å². The van der Waals surface area contributed by atoms with E-state index in [2.05, 4.69) is 10.6 Å². The van der Waals surface area contributed by atoms with E-state index in [-0.39, 0.29) is 18.4 Å². The summed E-state index contributed by atoms with van der Waals surface area (Å²) in [5.74, 6) is 0.412. The van der Waals surface area contributed by atoms with Gasteiger partial charge in [0.2, 0.25) is 11.8 Å². The van der Waals surface area contributed by atoms with E-state index in [9.17, 15) is 9.59 Å². The quantitative estimate of drug-likeness (QED) is 0.791. The molecular weight excluding hydrogens is 244 g/mol. The largest absolute Gasteiger partial charge is 0.494 e. The van der Waals surface area contributed by atoms with Crippen molar-refractivity contribution >= 4 is 17.5 Å². The molecule has 5 nitrogen and oxygen atoms in total. The van der Waals surface area contributed by atoms with Crippen LogP contribution in [0, 0.1) is 0 Å². The maximum absolute atomic E-state index is 11.6. The average Bonchev–Trinajstić information content (AvgIpc) is 2.39. The fourth-order valence-electron chi connectivity index (χ4n) is 1.50. The van der Waals surface area contributed by atoms with Gasteiger partial charge in [0.05, 0.1) is 13.2 Å². The summed E-state index contributed by atoms with van der Waals surface area (Å²) in [6, 6.07) is 7.09. The van der Waals surface area contributed by atoms with Gasteiger partial charge in [-0.15, -0.1) is 0 Å². The first-order valence-corrected chi connectivity index (χ1v) is 6.45. The summed E-state index contributed by atoms with van der Waals surface area (Å²) < 4.78 is 5.30. The summed E-state index contributed by atoms with van der Waals surface area (Å²) in [6.07, 6.45) is 1.21. The van der Waals surface area contributed by atoms with Crippen LogP contribution in [0.3, 0.4) is 0 Å². The molecule has 0 aliphatic heterocycles. The number of benzene rings is 1. The number of amides is 2. The third kappa shape index (κ3) is 5.90. The summed E-state index contributed by atoms with van der Waals surface area (Å²) in [5, 5.41) is 5.26. The van der Waals surface area contributed by atoms with Gasteiger partial charge in [0.15, 0.2) is 0 Å². The highest BCUT2D eigenvalue weighted by atomic mass is 16.5. The van der Waals surface area contributed by atoms with Crippen molar-refractivity contribution in [3.8, 4) is 5.75 Å². The van der Waals surface area contributed by atoms with E-state index in [1.165, 1.54) is 0 Å². The lowest BCUT2D eigenvalue weighted by Gasteiger charge is -2.08. The van der Waals surface area contributed by atoms with Crippen molar-refractivity contribution in [2.24, 2.45) is 0 Å². The molecule has 1 aromatic rings. The van der Waals surface area contributed by atoms with Crippen molar-refractivity contribution in [1.82, 2.24) is 5.32 Å². The molecule has 0 heterocycles. The number of anilines is 1. The third-order valence-electron chi connectivity index (χ3n) is 2.37. The molecule has 0 bridgehead atoms. The van der Waals surface area contributed by atoms with Crippen molar-refractivity contribution in [2.75, 3.05) is 18.5 Å². The average molecular weight is 264 g/mol. The lowest BCUT2D eigenvalue weighted by molar-refractivity contribution is -0.124. The second kappa shape index (κ2) is 8.13. The Hall–Kier alpha value is -2.04. The minimum absolute atomic E-state index is 0.00789. The number of carbonyl (C=O) groups excluding carboxylic acids is 2. The molecule has 1 aromatic carbocycles. The summed E-state index contributed by atoms with van der Waals surface area (Å²) >= 11 is 0. The van der Waals surface area contributed by atoms with Gasteiger partial charge in [-0.2, -0.15) is 0 Å². The molecule has 0 saturated carbocycles. The van der Waals surface area contributed by atoms with Gasteiger partial charge in [-0.25, -0.2) is 0 Å². The number of hydrogen-bond acceptors (Lipinski definition) is 3. The molecule has 0 aromatic heterocycles.